The summed E-state index contributed by atoms with van der Waals surface area (Å²) in [5.74, 6) is -0.420. The SMILES string of the molecule is Cc1c(C(=O)Nc2ccc(C3(C#N)CCN(C4CCOC4C)CC3)nc2)cnn1-c1ccc(C(F)(F)F)cc1. The molecule has 2 fully saturated rings. The van der Waals surface area contributed by atoms with Crippen molar-refractivity contribution in [2.75, 3.05) is 25.0 Å². The number of carbonyl (C=O) groups excluding carboxylic acids is 1. The van der Waals surface area contributed by atoms with Gasteiger partial charge in [-0.3, -0.25) is 14.7 Å². The number of ether oxygens (including phenoxy) is 1. The quantitative estimate of drug-likeness (QED) is 0.498. The number of aromatic nitrogens is 3. The zero-order valence-electron chi connectivity index (χ0n) is 21.7. The van der Waals surface area contributed by atoms with Gasteiger partial charge in [0.2, 0.25) is 0 Å². The van der Waals surface area contributed by atoms with Crippen molar-refractivity contribution < 1.29 is 22.7 Å². The maximum absolute atomic E-state index is 13.0. The largest absolute Gasteiger partial charge is 0.416 e. The third-order valence-electron chi connectivity index (χ3n) is 7.88. The van der Waals surface area contributed by atoms with Crippen LogP contribution in [0.2, 0.25) is 0 Å². The summed E-state index contributed by atoms with van der Waals surface area (Å²) in [4.78, 5) is 19.9. The van der Waals surface area contributed by atoms with E-state index in [4.69, 9.17) is 4.74 Å². The minimum Gasteiger partial charge on any atom is -0.377 e. The summed E-state index contributed by atoms with van der Waals surface area (Å²) < 4.78 is 45.7. The van der Waals surface area contributed by atoms with Crippen LogP contribution < -0.4 is 5.32 Å². The maximum Gasteiger partial charge on any atom is 0.416 e. The van der Waals surface area contributed by atoms with E-state index in [-0.39, 0.29) is 11.7 Å². The van der Waals surface area contributed by atoms with Crippen LogP contribution in [-0.2, 0) is 16.3 Å². The Hall–Kier alpha value is -3.75. The van der Waals surface area contributed by atoms with Crippen molar-refractivity contribution in [2.24, 2.45) is 0 Å². The zero-order valence-corrected chi connectivity index (χ0v) is 21.7. The van der Waals surface area contributed by atoms with Crippen LogP contribution >= 0.6 is 0 Å². The monoisotopic (exact) mass is 538 g/mol. The van der Waals surface area contributed by atoms with Crippen LogP contribution in [0.25, 0.3) is 5.69 Å². The van der Waals surface area contributed by atoms with E-state index in [0.717, 1.165) is 38.2 Å². The number of halogens is 3. The van der Waals surface area contributed by atoms with Gasteiger partial charge in [-0.1, -0.05) is 0 Å². The Morgan fingerprint density at radius 1 is 1.15 bits per heavy atom. The number of nitrogens with one attached hydrogen (secondary N) is 1. The number of piperidine rings is 1. The fourth-order valence-corrected chi connectivity index (χ4v) is 5.50. The van der Waals surface area contributed by atoms with Crippen LogP contribution in [0.15, 0.2) is 48.8 Å². The van der Waals surface area contributed by atoms with E-state index in [9.17, 15) is 23.2 Å². The minimum absolute atomic E-state index is 0.200. The van der Waals surface area contributed by atoms with Gasteiger partial charge >= 0.3 is 6.18 Å². The molecule has 2 aliphatic rings. The molecule has 0 spiro atoms. The molecule has 39 heavy (non-hydrogen) atoms. The Morgan fingerprint density at radius 2 is 1.87 bits per heavy atom. The molecule has 2 aromatic heterocycles. The first-order valence-corrected chi connectivity index (χ1v) is 12.9. The molecule has 2 atom stereocenters. The van der Waals surface area contributed by atoms with Crippen LogP contribution in [0.1, 0.15) is 53.5 Å². The fourth-order valence-electron chi connectivity index (χ4n) is 5.50. The number of pyridine rings is 1. The zero-order chi connectivity index (χ0) is 27.8. The van der Waals surface area contributed by atoms with E-state index in [1.807, 2.05) is 0 Å². The second kappa shape index (κ2) is 10.4. The number of nitriles is 1. The van der Waals surface area contributed by atoms with E-state index < -0.39 is 23.1 Å². The van der Waals surface area contributed by atoms with Crippen molar-refractivity contribution in [3.05, 3.63) is 71.3 Å². The molecule has 0 radical (unpaired) electrons. The average Bonchev–Trinajstić information content (AvgIpc) is 3.54. The summed E-state index contributed by atoms with van der Waals surface area (Å²) in [6, 6.07) is 11.0. The Bertz CT molecular complexity index is 1370. The lowest BCUT2D eigenvalue weighted by Crippen LogP contribution is -2.48. The molecule has 5 rings (SSSR count). The van der Waals surface area contributed by atoms with Gasteiger partial charge in [0.15, 0.2) is 0 Å². The van der Waals surface area contributed by atoms with Crippen molar-refractivity contribution in [1.82, 2.24) is 19.7 Å². The summed E-state index contributed by atoms with van der Waals surface area (Å²) in [7, 11) is 0. The molecular formula is C28H29F3N6O2. The first-order chi connectivity index (χ1) is 18.6. The lowest BCUT2D eigenvalue weighted by molar-refractivity contribution is -0.137. The number of rotatable bonds is 5. The second-order valence-electron chi connectivity index (χ2n) is 10.1. The first kappa shape index (κ1) is 26.8. The lowest BCUT2D eigenvalue weighted by atomic mass is 9.76. The number of nitrogens with zero attached hydrogens (tertiary/aromatic N) is 5. The molecule has 0 saturated carbocycles. The van der Waals surface area contributed by atoms with Crippen molar-refractivity contribution >= 4 is 11.6 Å². The molecule has 204 valence electrons. The van der Waals surface area contributed by atoms with Crippen LogP contribution in [-0.4, -0.2) is 57.4 Å². The molecule has 11 heteroatoms. The Morgan fingerprint density at radius 3 is 2.44 bits per heavy atom. The number of anilines is 1. The molecule has 0 aliphatic carbocycles. The molecular weight excluding hydrogens is 509 g/mol. The number of likely N-dealkylation sites (tertiary alicyclic amines) is 1. The molecule has 2 unspecified atom stereocenters. The highest BCUT2D eigenvalue weighted by atomic mass is 19.4. The molecule has 1 amide bonds. The summed E-state index contributed by atoms with van der Waals surface area (Å²) in [6.07, 6.45) is 1.05. The Labute approximate surface area is 224 Å². The minimum atomic E-state index is -4.43. The van der Waals surface area contributed by atoms with Crippen molar-refractivity contribution in [3.8, 4) is 11.8 Å². The van der Waals surface area contributed by atoms with Gasteiger partial charge in [-0.15, -0.1) is 0 Å². The van der Waals surface area contributed by atoms with Gasteiger partial charge in [0.1, 0.15) is 5.41 Å². The second-order valence-corrected chi connectivity index (χ2v) is 10.1. The summed E-state index contributed by atoms with van der Waals surface area (Å²) >= 11 is 0. The van der Waals surface area contributed by atoms with Gasteiger partial charge in [-0.25, -0.2) is 4.68 Å². The van der Waals surface area contributed by atoms with Gasteiger partial charge < -0.3 is 10.1 Å². The third kappa shape index (κ3) is 5.27. The smallest absolute Gasteiger partial charge is 0.377 e. The normalized spacial score (nSPS) is 21.4. The highest BCUT2D eigenvalue weighted by molar-refractivity contribution is 6.04. The van der Waals surface area contributed by atoms with E-state index in [2.05, 4.69) is 33.3 Å². The standard InChI is InChI=1S/C28H29F3N6O2/c1-18-23(16-34-37(18)22-6-3-20(4-7-22)28(29,30)31)26(38)35-21-5-8-25(33-15-21)27(17-32)10-12-36(13-11-27)24-9-14-39-19(24)2/h3-8,15-16,19,24H,9-14H2,1-2H3,(H,35,38). The molecule has 0 bridgehead atoms. The van der Waals surface area contributed by atoms with E-state index in [1.165, 1.54) is 23.0 Å². The number of hydrogen-bond donors (Lipinski definition) is 1. The Kier molecular flexibility index (Phi) is 7.18. The van der Waals surface area contributed by atoms with Gasteiger partial charge in [-0.2, -0.15) is 23.5 Å². The molecule has 3 aromatic rings. The van der Waals surface area contributed by atoms with Crippen LogP contribution in [0.3, 0.4) is 0 Å². The van der Waals surface area contributed by atoms with Crippen molar-refractivity contribution in [2.45, 2.75) is 56.8 Å². The Balaban J connectivity index is 1.25. The average molecular weight is 539 g/mol. The maximum atomic E-state index is 13.0. The van der Waals surface area contributed by atoms with Crippen LogP contribution in [0.4, 0.5) is 18.9 Å². The summed E-state index contributed by atoms with van der Waals surface area (Å²) in [5, 5.41) is 17.1. The van der Waals surface area contributed by atoms with Crippen molar-refractivity contribution in [1.29, 1.82) is 5.26 Å². The summed E-state index contributed by atoms with van der Waals surface area (Å²) in [5.41, 5.74) is 0.887. The van der Waals surface area contributed by atoms with Gasteiger partial charge in [0.25, 0.3) is 5.91 Å². The van der Waals surface area contributed by atoms with Crippen LogP contribution in [0, 0.1) is 18.3 Å². The van der Waals surface area contributed by atoms with E-state index in [1.54, 1.807) is 25.3 Å². The first-order valence-electron chi connectivity index (χ1n) is 12.9. The predicted molar refractivity (Wildman–Crippen MR) is 137 cm³/mol. The molecule has 1 aromatic carbocycles. The summed E-state index contributed by atoms with van der Waals surface area (Å²) in [6.45, 7) is 6.14. The van der Waals surface area contributed by atoms with E-state index in [0.29, 0.717) is 41.6 Å². The number of amides is 1. The number of alkyl halides is 3. The molecule has 8 nitrogen and oxygen atoms in total. The number of benzene rings is 1. The molecule has 1 N–H and O–H groups in total. The highest BCUT2D eigenvalue weighted by Gasteiger charge is 2.41. The van der Waals surface area contributed by atoms with Gasteiger partial charge in [-0.05, 0) is 69.5 Å². The predicted octanol–water partition coefficient (Wildman–Crippen LogP) is 4.88. The topological polar surface area (TPSA) is 96.1 Å². The molecule has 2 aliphatic heterocycles. The fraction of sp³-hybridized carbons (Fsp3) is 0.429. The molecule has 4 heterocycles. The van der Waals surface area contributed by atoms with Crippen LogP contribution in [0.5, 0.6) is 0 Å². The number of carbonyl (C=O) groups is 1. The third-order valence-corrected chi connectivity index (χ3v) is 7.88. The van der Waals surface area contributed by atoms with E-state index >= 15 is 0 Å². The highest BCUT2D eigenvalue weighted by Crippen LogP contribution is 2.36. The van der Waals surface area contributed by atoms with Crippen molar-refractivity contribution in [3.63, 3.8) is 0 Å². The van der Waals surface area contributed by atoms with Gasteiger partial charge in [0, 0.05) is 25.7 Å². The van der Waals surface area contributed by atoms with Gasteiger partial charge in [0.05, 0.1) is 58.5 Å². The lowest BCUT2D eigenvalue weighted by Gasteiger charge is -2.40. The molecule has 2 saturated heterocycles. The number of hydrogen-bond acceptors (Lipinski definition) is 6.